The van der Waals surface area contributed by atoms with E-state index in [1.165, 1.54) is 0 Å². The van der Waals surface area contributed by atoms with Crippen LogP contribution < -0.4 is 9.64 Å². The van der Waals surface area contributed by atoms with Gasteiger partial charge in [0.2, 0.25) is 5.91 Å². The predicted octanol–water partition coefficient (Wildman–Crippen LogP) is 4.91. The second-order valence-electron chi connectivity index (χ2n) is 5.32. The van der Waals surface area contributed by atoms with Gasteiger partial charge < -0.3 is 4.74 Å². The quantitative estimate of drug-likeness (QED) is 0.769. The lowest BCUT2D eigenvalue weighted by Gasteiger charge is -2.24. The van der Waals surface area contributed by atoms with Gasteiger partial charge in [0.1, 0.15) is 11.1 Å². The van der Waals surface area contributed by atoms with Crippen LogP contribution in [0.1, 0.15) is 24.3 Å². The number of carbonyl (C=O) groups is 1. The molecule has 120 valence electrons. The van der Waals surface area contributed by atoms with E-state index in [1.54, 1.807) is 11.8 Å². The zero-order chi connectivity index (χ0) is 16.2. The van der Waals surface area contributed by atoms with Gasteiger partial charge in [0.25, 0.3) is 0 Å². The minimum Gasteiger partial charge on any atom is -0.494 e. The summed E-state index contributed by atoms with van der Waals surface area (Å²) in [5.74, 6) is 1.44. The van der Waals surface area contributed by atoms with Gasteiger partial charge in [0.05, 0.1) is 12.4 Å². The molecule has 3 nitrogen and oxygen atoms in total. The van der Waals surface area contributed by atoms with Crippen molar-refractivity contribution in [3.05, 3.63) is 59.1 Å². The Kier molecular flexibility index (Phi) is 5.13. The van der Waals surface area contributed by atoms with Gasteiger partial charge in [-0.1, -0.05) is 30.7 Å². The number of amides is 1. The van der Waals surface area contributed by atoms with Crippen LogP contribution in [0.15, 0.2) is 48.5 Å². The summed E-state index contributed by atoms with van der Waals surface area (Å²) in [5, 5.41) is 0.633. The molecular weight excluding hydrogens is 330 g/mol. The van der Waals surface area contributed by atoms with Gasteiger partial charge in [-0.2, -0.15) is 0 Å². The maximum Gasteiger partial charge on any atom is 0.238 e. The standard InChI is InChI=1S/C18H18ClNO2S/c1-2-10-22-16-5-3-4-13(11-16)18-20(17(21)12-23-18)15-8-6-14(19)7-9-15/h3-9,11,18H,2,10,12H2,1H3/t18-/m0/s1. The lowest BCUT2D eigenvalue weighted by molar-refractivity contribution is -0.115. The van der Waals surface area contributed by atoms with Crippen LogP contribution in [0.5, 0.6) is 5.75 Å². The van der Waals surface area contributed by atoms with Crippen LogP contribution in [-0.4, -0.2) is 18.3 Å². The molecule has 1 saturated heterocycles. The van der Waals surface area contributed by atoms with E-state index >= 15 is 0 Å². The predicted molar refractivity (Wildman–Crippen MR) is 96.4 cm³/mol. The molecule has 2 aromatic carbocycles. The Labute approximate surface area is 145 Å². The highest BCUT2D eigenvalue weighted by molar-refractivity contribution is 8.00. The van der Waals surface area contributed by atoms with Crippen LogP contribution in [0, 0.1) is 0 Å². The Morgan fingerprint density at radius 3 is 2.78 bits per heavy atom. The van der Waals surface area contributed by atoms with E-state index < -0.39 is 0 Å². The van der Waals surface area contributed by atoms with E-state index in [9.17, 15) is 4.79 Å². The van der Waals surface area contributed by atoms with Crippen LogP contribution in [0.3, 0.4) is 0 Å². The van der Waals surface area contributed by atoms with Crippen molar-refractivity contribution in [3.8, 4) is 5.75 Å². The molecule has 5 heteroatoms. The second-order valence-corrected chi connectivity index (χ2v) is 6.83. The number of ether oxygens (including phenoxy) is 1. The van der Waals surface area contributed by atoms with Gasteiger partial charge in [-0.25, -0.2) is 0 Å². The summed E-state index contributed by atoms with van der Waals surface area (Å²) in [6.07, 6.45) is 0.970. The number of benzene rings is 2. The SMILES string of the molecule is CCCOc1cccc([C@@H]2SCC(=O)N2c2ccc(Cl)cc2)c1. The number of thioether (sulfide) groups is 1. The van der Waals surface area contributed by atoms with Gasteiger partial charge in [-0.3, -0.25) is 9.69 Å². The largest absolute Gasteiger partial charge is 0.494 e. The summed E-state index contributed by atoms with van der Waals surface area (Å²) in [7, 11) is 0. The minimum atomic E-state index is -0.0335. The Bertz CT molecular complexity index is 690. The van der Waals surface area contributed by atoms with E-state index in [-0.39, 0.29) is 11.3 Å². The topological polar surface area (TPSA) is 29.5 Å². The lowest BCUT2D eigenvalue weighted by atomic mass is 10.1. The first-order chi connectivity index (χ1) is 11.2. The summed E-state index contributed by atoms with van der Waals surface area (Å²) in [6, 6.07) is 15.4. The Balaban J connectivity index is 1.88. The number of nitrogens with zero attached hydrogens (tertiary/aromatic N) is 1. The van der Waals surface area contributed by atoms with Crippen molar-refractivity contribution in [2.24, 2.45) is 0 Å². The summed E-state index contributed by atoms with van der Waals surface area (Å²) >= 11 is 7.58. The number of halogens is 1. The number of anilines is 1. The van der Waals surface area contributed by atoms with Crippen molar-refractivity contribution in [2.45, 2.75) is 18.7 Å². The Morgan fingerprint density at radius 1 is 1.26 bits per heavy atom. The fourth-order valence-electron chi connectivity index (χ4n) is 2.53. The first-order valence-corrected chi connectivity index (χ1v) is 9.03. The molecule has 0 aliphatic carbocycles. The van der Waals surface area contributed by atoms with Gasteiger partial charge >= 0.3 is 0 Å². The van der Waals surface area contributed by atoms with E-state index in [2.05, 4.69) is 6.92 Å². The first-order valence-electron chi connectivity index (χ1n) is 7.61. The highest BCUT2D eigenvalue weighted by Crippen LogP contribution is 2.42. The molecule has 1 atom stereocenters. The van der Waals surface area contributed by atoms with Crippen molar-refractivity contribution in [1.82, 2.24) is 0 Å². The third-order valence-electron chi connectivity index (χ3n) is 3.59. The third-order valence-corrected chi connectivity index (χ3v) is 5.05. The minimum absolute atomic E-state index is 0.0335. The lowest BCUT2D eigenvalue weighted by Crippen LogP contribution is -2.27. The molecular formula is C18H18ClNO2S. The Hall–Kier alpha value is -1.65. The molecule has 0 bridgehead atoms. The molecule has 0 radical (unpaired) electrons. The average molecular weight is 348 g/mol. The monoisotopic (exact) mass is 347 g/mol. The van der Waals surface area contributed by atoms with Crippen LogP contribution in [-0.2, 0) is 4.79 Å². The second kappa shape index (κ2) is 7.28. The molecule has 23 heavy (non-hydrogen) atoms. The number of carbonyl (C=O) groups excluding carboxylic acids is 1. The van der Waals surface area contributed by atoms with Crippen LogP contribution in [0.4, 0.5) is 5.69 Å². The highest BCUT2D eigenvalue weighted by Gasteiger charge is 2.34. The number of hydrogen-bond donors (Lipinski definition) is 0. The average Bonchev–Trinajstić information content (AvgIpc) is 2.96. The van der Waals surface area contributed by atoms with Gasteiger partial charge in [-0.05, 0) is 48.4 Å². The molecule has 3 rings (SSSR count). The zero-order valence-corrected chi connectivity index (χ0v) is 14.4. The number of rotatable bonds is 5. The zero-order valence-electron chi connectivity index (χ0n) is 12.9. The van der Waals surface area contributed by atoms with E-state index in [0.717, 1.165) is 23.4 Å². The first kappa shape index (κ1) is 16.2. The third kappa shape index (κ3) is 3.65. The Morgan fingerprint density at radius 2 is 2.04 bits per heavy atom. The van der Waals surface area contributed by atoms with Crippen LogP contribution in [0.2, 0.25) is 5.02 Å². The molecule has 2 aromatic rings. The molecule has 1 fully saturated rings. The molecule has 1 heterocycles. The van der Waals surface area contributed by atoms with Gasteiger partial charge in [-0.15, -0.1) is 11.8 Å². The molecule has 0 spiro atoms. The van der Waals surface area contributed by atoms with Crippen LogP contribution >= 0.6 is 23.4 Å². The molecule has 1 amide bonds. The van der Waals surface area contributed by atoms with E-state index in [0.29, 0.717) is 17.4 Å². The van der Waals surface area contributed by atoms with Crippen molar-refractivity contribution >= 4 is 35.0 Å². The molecule has 0 N–H and O–H groups in total. The van der Waals surface area contributed by atoms with Crippen molar-refractivity contribution in [2.75, 3.05) is 17.3 Å². The van der Waals surface area contributed by atoms with Gasteiger partial charge in [0.15, 0.2) is 0 Å². The molecule has 0 unspecified atom stereocenters. The normalized spacial score (nSPS) is 17.6. The highest BCUT2D eigenvalue weighted by atomic mass is 35.5. The molecule has 0 saturated carbocycles. The maximum atomic E-state index is 12.3. The number of hydrogen-bond acceptors (Lipinski definition) is 3. The molecule has 0 aromatic heterocycles. The van der Waals surface area contributed by atoms with Crippen LogP contribution in [0.25, 0.3) is 0 Å². The van der Waals surface area contributed by atoms with E-state index in [4.69, 9.17) is 16.3 Å². The summed E-state index contributed by atoms with van der Waals surface area (Å²) in [5.41, 5.74) is 1.94. The fourth-order valence-corrected chi connectivity index (χ4v) is 3.82. The van der Waals surface area contributed by atoms with Crippen molar-refractivity contribution in [3.63, 3.8) is 0 Å². The van der Waals surface area contributed by atoms with Crippen molar-refractivity contribution < 1.29 is 9.53 Å². The molecule has 1 aliphatic heterocycles. The summed E-state index contributed by atoms with van der Waals surface area (Å²) in [4.78, 5) is 14.2. The van der Waals surface area contributed by atoms with Crippen molar-refractivity contribution in [1.29, 1.82) is 0 Å². The van der Waals surface area contributed by atoms with Gasteiger partial charge in [0, 0.05) is 10.7 Å². The summed E-state index contributed by atoms with van der Waals surface area (Å²) < 4.78 is 5.71. The van der Waals surface area contributed by atoms with E-state index in [1.807, 2.05) is 53.4 Å². The molecule has 1 aliphatic rings. The summed E-state index contributed by atoms with van der Waals surface area (Å²) in [6.45, 7) is 2.78. The maximum absolute atomic E-state index is 12.3. The fraction of sp³-hybridized carbons (Fsp3) is 0.278. The smallest absolute Gasteiger partial charge is 0.238 e.